The standard InChI is InChI=1S/CH6N2OP2S/c1-2-7(4)6-3-5/h2H,5H2,1H3. The molecule has 3 nitrogen and oxygen atoms in total. The van der Waals surface area contributed by atoms with Crippen molar-refractivity contribution in [1.29, 1.82) is 0 Å². The Morgan fingerprint density at radius 1 is 2.00 bits per heavy atom. The van der Waals surface area contributed by atoms with Crippen LogP contribution in [0, 0.1) is 0 Å². The van der Waals surface area contributed by atoms with Gasteiger partial charge in [0.15, 0.2) is 10.6 Å². The van der Waals surface area contributed by atoms with Gasteiger partial charge in [-0.05, 0) is 16.4 Å². The molecule has 0 spiro atoms. The van der Waals surface area contributed by atoms with Crippen LogP contribution in [0.3, 0.4) is 0 Å². The highest BCUT2D eigenvalue weighted by atomic mass is 32.7. The van der Waals surface area contributed by atoms with Crippen LogP contribution in [0.4, 0.5) is 0 Å². The van der Waals surface area contributed by atoms with Gasteiger partial charge in [-0.1, -0.05) is 0 Å². The van der Waals surface area contributed by atoms with Crippen LogP contribution >= 0.6 is 17.0 Å². The molecule has 0 heterocycles. The molecule has 0 aliphatic carbocycles. The van der Waals surface area contributed by atoms with Crippen molar-refractivity contribution < 1.29 is 4.21 Å². The maximum atomic E-state index is 10.3. The lowest BCUT2D eigenvalue weighted by molar-refractivity contribution is 0.687. The first-order valence-electron chi connectivity index (χ1n) is 1.51. The minimum Gasteiger partial charge on any atom is -0.237 e. The van der Waals surface area contributed by atoms with Gasteiger partial charge in [0.1, 0.15) is 7.57 Å². The first kappa shape index (κ1) is 7.64. The summed E-state index contributed by atoms with van der Waals surface area (Å²) in [5.74, 6) is 0. The fourth-order valence-electron chi connectivity index (χ4n) is 0.0836. The molecule has 0 aliphatic heterocycles. The summed E-state index contributed by atoms with van der Waals surface area (Å²) in [6, 6.07) is 0. The summed E-state index contributed by atoms with van der Waals surface area (Å²) in [7, 11) is 3.32. The first-order chi connectivity index (χ1) is 3.31. The van der Waals surface area contributed by atoms with Crippen molar-refractivity contribution in [3.05, 3.63) is 0 Å². The van der Waals surface area contributed by atoms with Gasteiger partial charge in [-0.3, -0.25) is 0 Å². The van der Waals surface area contributed by atoms with Gasteiger partial charge >= 0.3 is 0 Å². The van der Waals surface area contributed by atoms with Crippen LogP contribution in [0.5, 0.6) is 0 Å². The molecule has 7 heavy (non-hydrogen) atoms. The Hall–Kier alpha value is 0.640. The molecule has 0 aromatic heterocycles. The summed E-state index contributed by atoms with van der Waals surface area (Å²) in [6.45, 7) is 0. The van der Waals surface area contributed by atoms with Crippen molar-refractivity contribution in [2.75, 3.05) is 7.05 Å². The van der Waals surface area contributed by atoms with E-state index in [1.807, 2.05) is 0 Å². The maximum absolute atomic E-state index is 10.3. The topological polar surface area (TPSA) is 41.5 Å². The van der Waals surface area contributed by atoms with Crippen molar-refractivity contribution in [3.63, 3.8) is 0 Å². The Labute approximate surface area is 48.8 Å². The second-order valence-electron chi connectivity index (χ2n) is 0.650. The molecule has 1 N–H and O–H groups in total. The maximum Gasteiger partial charge on any atom is 0.163 e. The van der Waals surface area contributed by atoms with E-state index in [4.69, 9.17) is 0 Å². The van der Waals surface area contributed by atoms with E-state index in [2.05, 4.69) is 18.6 Å². The largest absolute Gasteiger partial charge is 0.237 e. The number of nitrogens with zero attached hydrogens (tertiary/aromatic N) is 1. The molecule has 0 bridgehead atoms. The van der Waals surface area contributed by atoms with Gasteiger partial charge in [0, 0.05) is 0 Å². The molecule has 6 heteroatoms. The van der Waals surface area contributed by atoms with Crippen LogP contribution in [0.15, 0.2) is 4.52 Å². The van der Waals surface area contributed by atoms with Gasteiger partial charge in [-0.25, -0.2) is 13.4 Å². The van der Waals surface area contributed by atoms with E-state index < -0.39 is 10.6 Å². The van der Waals surface area contributed by atoms with Gasteiger partial charge in [0.25, 0.3) is 0 Å². The first-order valence-corrected chi connectivity index (χ1v) is 4.63. The monoisotopic (exact) mass is 156 g/mol. The predicted octanol–water partition coefficient (Wildman–Crippen LogP) is 0.704. The van der Waals surface area contributed by atoms with E-state index in [0.29, 0.717) is 7.57 Å². The molecular weight excluding hydrogens is 150 g/mol. The average molecular weight is 156 g/mol. The van der Waals surface area contributed by atoms with Crippen molar-refractivity contribution >= 4 is 27.6 Å². The summed E-state index contributed by atoms with van der Waals surface area (Å²) in [5, 5.41) is 0. The molecule has 0 aliphatic rings. The number of hydrogen-bond donors (Lipinski definition) is 1. The smallest absolute Gasteiger partial charge is 0.163 e. The van der Waals surface area contributed by atoms with Gasteiger partial charge < -0.3 is 0 Å². The van der Waals surface area contributed by atoms with Crippen LogP contribution in [-0.4, -0.2) is 11.3 Å². The molecule has 2 atom stereocenters. The van der Waals surface area contributed by atoms with Crippen molar-refractivity contribution in [2.45, 2.75) is 0 Å². The lowest BCUT2D eigenvalue weighted by Crippen LogP contribution is -2.01. The van der Waals surface area contributed by atoms with Crippen LogP contribution < -0.4 is 4.72 Å². The lowest BCUT2D eigenvalue weighted by Gasteiger charge is -1.81. The third-order valence-electron chi connectivity index (χ3n) is 0.296. The van der Waals surface area contributed by atoms with Gasteiger partial charge in [-0.15, -0.1) is 0 Å². The third kappa shape index (κ3) is 4.49. The Balaban J connectivity index is 3.37. The summed E-state index contributed by atoms with van der Waals surface area (Å²) in [4.78, 5) is 0. The molecule has 0 aromatic carbocycles. The van der Waals surface area contributed by atoms with Crippen molar-refractivity contribution in [1.82, 2.24) is 4.72 Å². The van der Waals surface area contributed by atoms with E-state index in [1.54, 1.807) is 7.05 Å². The Kier molecular flexibility index (Phi) is 5.23. The quantitative estimate of drug-likeness (QED) is 0.587. The molecule has 0 aromatic rings. The second-order valence-corrected chi connectivity index (χ2v) is 4.13. The van der Waals surface area contributed by atoms with Crippen molar-refractivity contribution in [2.24, 2.45) is 4.52 Å². The summed E-state index contributed by atoms with van der Waals surface area (Å²) < 4.78 is 16.3. The zero-order valence-corrected chi connectivity index (χ0v) is 6.65. The summed E-state index contributed by atoms with van der Waals surface area (Å²) in [5.41, 5.74) is 0. The second kappa shape index (κ2) is 4.79. The molecule has 0 saturated carbocycles. The molecular formula is CH6N2OP2S. The van der Waals surface area contributed by atoms with Crippen LogP contribution in [0.2, 0.25) is 0 Å². The fraction of sp³-hybridized carbons (Fsp3) is 1.00. The number of rotatable bonds is 2. The van der Waals surface area contributed by atoms with Crippen molar-refractivity contribution in [3.8, 4) is 0 Å². The zero-order valence-electron chi connectivity index (χ0n) is 3.79. The minimum atomic E-state index is -0.992. The summed E-state index contributed by atoms with van der Waals surface area (Å²) in [6.07, 6.45) is 0. The normalized spacial score (nSPS) is 15.1. The van der Waals surface area contributed by atoms with E-state index in [0.717, 1.165) is 0 Å². The van der Waals surface area contributed by atoms with Crippen LogP contribution in [-0.2, 0) is 10.6 Å². The van der Waals surface area contributed by atoms with E-state index >= 15 is 0 Å². The Morgan fingerprint density at radius 3 is 2.71 bits per heavy atom. The number of hydrogen-bond acceptors (Lipinski definition) is 2. The molecule has 2 unspecified atom stereocenters. The third-order valence-corrected chi connectivity index (χ3v) is 3.01. The van der Waals surface area contributed by atoms with E-state index in [-0.39, 0.29) is 0 Å². The molecule has 0 fully saturated rings. The fourth-order valence-corrected chi connectivity index (χ4v) is 1.52. The molecule has 42 valence electrons. The van der Waals surface area contributed by atoms with E-state index in [1.165, 1.54) is 0 Å². The Bertz CT molecular complexity index is 93.7. The highest BCUT2D eigenvalue weighted by Crippen LogP contribution is 2.06. The highest BCUT2D eigenvalue weighted by molar-refractivity contribution is 8.35. The molecule has 0 rings (SSSR count). The predicted molar refractivity (Wildman–Crippen MR) is 36.3 cm³/mol. The molecule has 0 radical (unpaired) electrons. The SMILES string of the molecule is CNS(=O)P=NP. The molecule has 0 saturated heterocycles. The highest BCUT2D eigenvalue weighted by Gasteiger charge is 1.82. The molecule has 0 amide bonds. The Morgan fingerprint density at radius 2 is 2.57 bits per heavy atom. The van der Waals surface area contributed by atoms with Crippen LogP contribution in [0.25, 0.3) is 0 Å². The lowest BCUT2D eigenvalue weighted by atomic mass is 11.6. The average Bonchev–Trinajstić information content (AvgIpc) is 1.68. The van der Waals surface area contributed by atoms with E-state index in [9.17, 15) is 4.21 Å². The summed E-state index contributed by atoms with van der Waals surface area (Å²) >= 11 is 0. The van der Waals surface area contributed by atoms with Gasteiger partial charge in [0.05, 0.1) is 0 Å². The zero-order chi connectivity index (χ0) is 5.70. The van der Waals surface area contributed by atoms with Crippen LogP contribution in [0.1, 0.15) is 0 Å². The van der Waals surface area contributed by atoms with Gasteiger partial charge in [0.2, 0.25) is 0 Å². The minimum absolute atomic E-state index is 0.559. The number of nitrogens with one attached hydrogen (secondary N) is 1. The van der Waals surface area contributed by atoms with Gasteiger partial charge in [-0.2, -0.15) is 0 Å².